The van der Waals surface area contributed by atoms with E-state index in [4.69, 9.17) is 14.7 Å². The Morgan fingerprint density at radius 2 is 1.79 bits per heavy atom. The highest BCUT2D eigenvalue weighted by atomic mass is 19.1. The summed E-state index contributed by atoms with van der Waals surface area (Å²) in [4.78, 5) is 37.3. The largest absolute Gasteiger partial charge is 0.509 e. The molecule has 0 spiro atoms. The number of carboxylic acid groups (broad SMARTS) is 1. The van der Waals surface area contributed by atoms with Crippen molar-refractivity contribution in [3.8, 4) is 6.07 Å². The first kappa shape index (κ1) is 27.0. The number of carbonyl (C=O) groups is 3. The van der Waals surface area contributed by atoms with Crippen molar-refractivity contribution in [1.29, 1.82) is 5.26 Å². The van der Waals surface area contributed by atoms with Gasteiger partial charge in [0.25, 0.3) is 5.79 Å². The fourth-order valence-corrected chi connectivity index (χ4v) is 7.95. The number of nitrogens with zero attached hydrogens (tertiary/aromatic N) is 1. The molecule has 39 heavy (non-hydrogen) atoms. The lowest BCUT2D eigenvalue weighted by molar-refractivity contribution is -0.289. The predicted octanol–water partition coefficient (Wildman–Crippen LogP) is 4.67. The number of aliphatic hydroxyl groups is 1. The van der Waals surface area contributed by atoms with Crippen molar-refractivity contribution in [1.82, 2.24) is 0 Å². The molecule has 2 N–H and O–H groups in total. The predicted molar refractivity (Wildman–Crippen MR) is 132 cm³/mol. The molecule has 9 atom stereocenters. The van der Waals surface area contributed by atoms with Crippen LogP contribution in [0.25, 0.3) is 0 Å². The second-order valence-electron chi connectivity index (χ2n) is 11.6. The second-order valence-corrected chi connectivity index (χ2v) is 11.6. The number of allylic oxidation sites excluding steroid dienone is 4. The van der Waals surface area contributed by atoms with Crippen LogP contribution in [-0.2, 0) is 14.3 Å². The van der Waals surface area contributed by atoms with Crippen LogP contribution in [0.4, 0.5) is 13.6 Å². The molecule has 0 bridgehead atoms. The Balaban J connectivity index is 1.59. The van der Waals surface area contributed by atoms with E-state index in [1.807, 2.05) is 6.07 Å². The van der Waals surface area contributed by atoms with Crippen molar-refractivity contribution in [2.45, 2.75) is 63.8 Å². The Bertz CT molecular complexity index is 1350. The van der Waals surface area contributed by atoms with Crippen LogP contribution < -0.4 is 0 Å². The van der Waals surface area contributed by atoms with Gasteiger partial charge >= 0.3 is 12.1 Å². The SMILES string of the molecule is C[C@@H]1C[C@H]2[C@@H]3C[C@H](F)C4=CC(=O)C=C[C@]4(C)[C@@]3(F)[C@@H](O)C[C@]2(C)[C@]1(OC(=O)O)OC(=O)c1ccc(C#N)cc1. The molecule has 4 aliphatic carbocycles. The zero-order valence-corrected chi connectivity index (χ0v) is 21.7. The average Bonchev–Trinajstić information content (AvgIpc) is 3.08. The van der Waals surface area contributed by atoms with Gasteiger partial charge in [0.15, 0.2) is 11.5 Å². The van der Waals surface area contributed by atoms with Crippen molar-refractivity contribution in [2.75, 3.05) is 0 Å². The third kappa shape index (κ3) is 3.52. The highest BCUT2D eigenvalue weighted by Crippen LogP contribution is 2.71. The highest BCUT2D eigenvalue weighted by molar-refractivity contribution is 6.01. The average molecular weight is 542 g/mol. The van der Waals surface area contributed by atoms with Crippen molar-refractivity contribution in [3.63, 3.8) is 0 Å². The van der Waals surface area contributed by atoms with Crippen LogP contribution in [0.5, 0.6) is 0 Å². The van der Waals surface area contributed by atoms with Gasteiger partial charge in [-0.2, -0.15) is 5.26 Å². The van der Waals surface area contributed by atoms with Gasteiger partial charge in [0.1, 0.15) is 6.17 Å². The van der Waals surface area contributed by atoms with E-state index in [-0.39, 0.29) is 30.4 Å². The summed E-state index contributed by atoms with van der Waals surface area (Å²) in [5.74, 6) is -6.10. The van der Waals surface area contributed by atoms with E-state index in [1.165, 1.54) is 43.3 Å². The number of rotatable bonds is 3. The number of esters is 1. The zero-order valence-electron chi connectivity index (χ0n) is 21.7. The van der Waals surface area contributed by atoms with Gasteiger partial charge in [-0.25, -0.2) is 18.4 Å². The topological polar surface area (TPSA) is 134 Å². The van der Waals surface area contributed by atoms with E-state index >= 15 is 8.78 Å². The van der Waals surface area contributed by atoms with Crippen molar-refractivity contribution in [3.05, 3.63) is 59.2 Å². The van der Waals surface area contributed by atoms with Gasteiger partial charge < -0.3 is 19.7 Å². The number of ether oxygens (including phenoxy) is 2. The lowest BCUT2D eigenvalue weighted by Crippen LogP contribution is -2.70. The third-order valence-electron chi connectivity index (χ3n) is 9.80. The first-order valence-electron chi connectivity index (χ1n) is 12.8. The van der Waals surface area contributed by atoms with E-state index in [1.54, 1.807) is 13.8 Å². The molecule has 0 heterocycles. The summed E-state index contributed by atoms with van der Waals surface area (Å²) in [5, 5.41) is 30.2. The highest BCUT2D eigenvalue weighted by Gasteiger charge is 2.78. The number of aliphatic hydroxyl groups excluding tert-OH is 1. The molecule has 0 amide bonds. The standard InChI is InChI=1S/C29H29F2NO7/c1-15-10-19-20-12-22(30)21-11-18(33)8-9-26(21,2)28(20,31)23(34)13-27(19,3)29(15,39-25(36)37)38-24(35)17-6-4-16(14-32)5-7-17/h4-9,11,15,19-20,22-23,34H,10,12-13H2,1-3H3,(H,36,37)/t15-,19+,20+,22+,23+,26+,27+,28+,29+/m1/s1. The number of carbonyl (C=O) groups excluding carboxylic acids is 2. The molecule has 0 aromatic heterocycles. The summed E-state index contributed by atoms with van der Waals surface area (Å²) < 4.78 is 44.3. The van der Waals surface area contributed by atoms with E-state index in [0.717, 1.165) is 6.08 Å². The summed E-state index contributed by atoms with van der Waals surface area (Å²) in [6, 6.07) is 7.47. The lowest BCUT2D eigenvalue weighted by Gasteiger charge is -2.62. The Hall–Kier alpha value is -3.58. The Labute approximate surface area is 223 Å². The first-order valence-corrected chi connectivity index (χ1v) is 12.8. The molecular weight excluding hydrogens is 512 g/mol. The number of nitriles is 1. The monoisotopic (exact) mass is 541 g/mol. The van der Waals surface area contributed by atoms with Gasteiger partial charge in [0.05, 0.1) is 28.7 Å². The molecule has 0 saturated heterocycles. The fourth-order valence-electron chi connectivity index (χ4n) is 7.95. The second kappa shape index (κ2) is 8.71. The van der Waals surface area contributed by atoms with E-state index in [9.17, 15) is 24.6 Å². The third-order valence-corrected chi connectivity index (χ3v) is 9.80. The van der Waals surface area contributed by atoms with E-state index in [0.29, 0.717) is 5.56 Å². The van der Waals surface area contributed by atoms with Gasteiger partial charge in [-0.15, -0.1) is 0 Å². The van der Waals surface area contributed by atoms with Crippen LogP contribution in [0.2, 0.25) is 0 Å². The minimum Gasteiger partial charge on any atom is -0.450 e. The van der Waals surface area contributed by atoms with Crippen molar-refractivity contribution < 1.29 is 42.9 Å². The van der Waals surface area contributed by atoms with Crippen LogP contribution in [0.1, 0.15) is 56.0 Å². The number of hydrogen-bond acceptors (Lipinski definition) is 7. The van der Waals surface area contributed by atoms with E-state index < -0.39 is 70.2 Å². The fraction of sp³-hybridized carbons (Fsp3) is 0.517. The van der Waals surface area contributed by atoms with Crippen LogP contribution in [0, 0.1) is 39.9 Å². The van der Waals surface area contributed by atoms with Crippen molar-refractivity contribution in [2.24, 2.45) is 28.6 Å². The summed E-state index contributed by atoms with van der Waals surface area (Å²) in [6.07, 6.45) is -2.07. The molecule has 206 valence electrons. The van der Waals surface area contributed by atoms with Crippen molar-refractivity contribution >= 4 is 17.9 Å². The van der Waals surface area contributed by atoms with Gasteiger partial charge in [0.2, 0.25) is 0 Å². The first-order chi connectivity index (χ1) is 18.2. The summed E-state index contributed by atoms with van der Waals surface area (Å²) in [7, 11) is 0. The molecule has 5 rings (SSSR count). The minimum absolute atomic E-state index is 0.0252. The smallest absolute Gasteiger partial charge is 0.450 e. The van der Waals surface area contributed by atoms with Crippen LogP contribution in [-0.4, -0.2) is 51.9 Å². The van der Waals surface area contributed by atoms with Crippen LogP contribution >= 0.6 is 0 Å². The molecule has 3 fully saturated rings. The van der Waals surface area contributed by atoms with Crippen LogP contribution in [0.15, 0.2) is 48.1 Å². The van der Waals surface area contributed by atoms with Gasteiger partial charge in [-0.05, 0) is 74.1 Å². The number of halogens is 2. The lowest BCUT2D eigenvalue weighted by atomic mass is 9.45. The molecular formula is C29H29F2NO7. The normalized spacial score (nSPS) is 42.3. The van der Waals surface area contributed by atoms with Crippen LogP contribution in [0.3, 0.4) is 0 Å². The molecule has 0 radical (unpaired) electrons. The zero-order chi connectivity index (χ0) is 28.5. The number of hydrogen-bond donors (Lipinski definition) is 2. The molecule has 4 aliphatic rings. The molecule has 8 nitrogen and oxygen atoms in total. The number of fused-ring (bicyclic) bond motifs is 5. The number of benzene rings is 1. The Kier molecular flexibility index (Phi) is 6.03. The molecule has 1 aromatic carbocycles. The maximum Gasteiger partial charge on any atom is 0.509 e. The number of alkyl halides is 2. The molecule has 1 aromatic rings. The molecule has 3 saturated carbocycles. The van der Waals surface area contributed by atoms with Gasteiger partial charge in [-0.3, -0.25) is 4.79 Å². The maximum absolute atomic E-state index is 17.4. The molecule has 0 aliphatic heterocycles. The Morgan fingerprint density at radius 1 is 1.13 bits per heavy atom. The quantitative estimate of drug-likeness (QED) is 0.417. The van der Waals surface area contributed by atoms with Gasteiger partial charge in [0, 0.05) is 17.3 Å². The van der Waals surface area contributed by atoms with Gasteiger partial charge in [-0.1, -0.05) is 19.9 Å². The Morgan fingerprint density at radius 3 is 2.41 bits per heavy atom. The number of ketones is 1. The summed E-state index contributed by atoms with van der Waals surface area (Å²) in [6.45, 7) is 4.67. The minimum atomic E-state index is -2.38. The molecule has 10 heteroatoms. The maximum atomic E-state index is 17.4. The summed E-state index contributed by atoms with van der Waals surface area (Å²) in [5.41, 5.74) is -5.08. The molecule has 0 unspecified atom stereocenters. The van der Waals surface area contributed by atoms with E-state index in [2.05, 4.69) is 0 Å². The summed E-state index contributed by atoms with van der Waals surface area (Å²) >= 11 is 0.